The normalized spacial score (nSPS) is 29.4. The lowest BCUT2D eigenvalue weighted by atomic mass is 9.80. The van der Waals surface area contributed by atoms with E-state index in [9.17, 15) is 5.11 Å². The topological polar surface area (TPSA) is 61.3 Å². The van der Waals surface area contributed by atoms with Gasteiger partial charge in [-0.15, -0.1) is 0 Å². The van der Waals surface area contributed by atoms with E-state index >= 15 is 0 Å². The summed E-state index contributed by atoms with van der Waals surface area (Å²) in [7, 11) is 0. The number of aliphatic hydroxyl groups is 1. The first kappa shape index (κ1) is 15.5. The summed E-state index contributed by atoms with van der Waals surface area (Å²) in [5, 5.41) is 13.9. The van der Waals surface area contributed by atoms with E-state index in [-0.39, 0.29) is 0 Å². The van der Waals surface area contributed by atoms with Gasteiger partial charge in [-0.2, -0.15) is 0 Å². The highest BCUT2D eigenvalue weighted by molar-refractivity contribution is 5.49. The first-order valence-corrected chi connectivity index (χ1v) is 8.74. The number of rotatable bonds is 4. The number of hydrogen-bond acceptors (Lipinski definition) is 5. The second-order valence-electron chi connectivity index (χ2n) is 6.81. The Labute approximate surface area is 133 Å². The van der Waals surface area contributed by atoms with Crippen molar-refractivity contribution in [2.75, 3.05) is 23.3 Å². The standard InChI is InChI=1S/C17H28N4O/c1-2-17(22)8-6-14(7-9-17)20-15-12-16(19-13-18-15)21-10-4-3-5-11-21/h12-14,22H,2-11H2,1H3,(H,18,19,20). The molecule has 1 saturated heterocycles. The largest absolute Gasteiger partial charge is 0.390 e. The van der Waals surface area contributed by atoms with Crippen LogP contribution in [0.15, 0.2) is 12.4 Å². The summed E-state index contributed by atoms with van der Waals surface area (Å²) >= 11 is 0. The summed E-state index contributed by atoms with van der Waals surface area (Å²) in [6.07, 6.45) is 10.1. The first-order chi connectivity index (χ1) is 10.7. The van der Waals surface area contributed by atoms with Crippen molar-refractivity contribution in [1.29, 1.82) is 0 Å². The molecule has 3 rings (SSSR count). The summed E-state index contributed by atoms with van der Waals surface area (Å²) in [6.45, 7) is 4.27. The van der Waals surface area contributed by atoms with E-state index in [2.05, 4.69) is 33.2 Å². The third-order valence-electron chi connectivity index (χ3n) is 5.26. The van der Waals surface area contributed by atoms with Crippen molar-refractivity contribution >= 4 is 11.6 Å². The van der Waals surface area contributed by atoms with Crippen molar-refractivity contribution in [2.24, 2.45) is 0 Å². The van der Waals surface area contributed by atoms with Gasteiger partial charge in [0.2, 0.25) is 0 Å². The fourth-order valence-corrected chi connectivity index (χ4v) is 3.58. The molecule has 2 heterocycles. The van der Waals surface area contributed by atoms with Gasteiger partial charge in [-0.25, -0.2) is 9.97 Å². The minimum absolute atomic E-state index is 0.413. The van der Waals surface area contributed by atoms with Crippen LogP contribution in [0.3, 0.4) is 0 Å². The molecule has 1 aliphatic carbocycles. The first-order valence-electron chi connectivity index (χ1n) is 8.74. The molecule has 5 nitrogen and oxygen atoms in total. The van der Waals surface area contributed by atoms with Crippen molar-refractivity contribution in [1.82, 2.24) is 9.97 Å². The van der Waals surface area contributed by atoms with Crippen molar-refractivity contribution < 1.29 is 5.11 Å². The molecule has 0 radical (unpaired) electrons. The van der Waals surface area contributed by atoms with Crippen LogP contribution in [-0.4, -0.2) is 39.8 Å². The number of nitrogens with zero attached hydrogens (tertiary/aromatic N) is 3. The van der Waals surface area contributed by atoms with Gasteiger partial charge in [0.25, 0.3) is 0 Å². The Bertz CT molecular complexity index is 479. The molecular formula is C17H28N4O. The monoisotopic (exact) mass is 304 g/mol. The van der Waals surface area contributed by atoms with E-state index in [0.717, 1.165) is 56.8 Å². The molecule has 0 aromatic carbocycles. The Hall–Kier alpha value is -1.36. The summed E-state index contributed by atoms with van der Waals surface area (Å²) in [4.78, 5) is 11.2. The van der Waals surface area contributed by atoms with Crippen molar-refractivity contribution in [3.8, 4) is 0 Å². The average Bonchev–Trinajstić information content (AvgIpc) is 2.58. The summed E-state index contributed by atoms with van der Waals surface area (Å²) in [5.74, 6) is 1.96. The molecule has 2 aliphatic rings. The van der Waals surface area contributed by atoms with Crippen LogP contribution in [0.1, 0.15) is 58.3 Å². The van der Waals surface area contributed by atoms with Crippen LogP contribution >= 0.6 is 0 Å². The van der Waals surface area contributed by atoms with Crippen LogP contribution in [-0.2, 0) is 0 Å². The molecule has 0 amide bonds. The van der Waals surface area contributed by atoms with Gasteiger partial charge in [0, 0.05) is 25.2 Å². The fraction of sp³-hybridized carbons (Fsp3) is 0.765. The Kier molecular flexibility index (Phi) is 4.81. The van der Waals surface area contributed by atoms with Crippen molar-refractivity contribution in [2.45, 2.75) is 69.9 Å². The zero-order valence-corrected chi connectivity index (χ0v) is 13.6. The molecular weight excluding hydrogens is 276 g/mol. The highest BCUT2D eigenvalue weighted by atomic mass is 16.3. The van der Waals surface area contributed by atoms with Crippen molar-refractivity contribution in [3.05, 3.63) is 12.4 Å². The van der Waals surface area contributed by atoms with Crippen LogP contribution in [0.2, 0.25) is 0 Å². The Morgan fingerprint density at radius 2 is 1.95 bits per heavy atom. The Morgan fingerprint density at radius 3 is 2.64 bits per heavy atom. The van der Waals surface area contributed by atoms with Gasteiger partial charge in [0.05, 0.1) is 5.60 Å². The molecule has 122 valence electrons. The number of nitrogens with one attached hydrogen (secondary N) is 1. The minimum Gasteiger partial charge on any atom is -0.390 e. The molecule has 0 bridgehead atoms. The maximum Gasteiger partial charge on any atom is 0.134 e. The highest BCUT2D eigenvalue weighted by Gasteiger charge is 2.31. The number of aromatic nitrogens is 2. The molecule has 1 aromatic heterocycles. The second-order valence-corrected chi connectivity index (χ2v) is 6.81. The van der Waals surface area contributed by atoms with E-state index in [4.69, 9.17) is 0 Å². The Balaban J connectivity index is 1.59. The van der Waals surface area contributed by atoms with Crippen LogP contribution in [0.5, 0.6) is 0 Å². The lowest BCUT2D eigenvalue weighted by molar-refractivity contribution is -0.00195. The molecule has 1 aromatic rings. The predicted octanol–water partition coefficient (Wildman–Crippen LogP) is 2.96. The molecule has 1 aliphatic heterocycles. The minimum atomic E-state index is -0.442. The van der Waals surface area contributed by atoms with Gasteiger partial charge >= 0.3 is 0 Å². The maximum absolute atomic E-state index is 10.3. The summed E-state index contributed by atoms with van der Waals surface area (Å²) in [5.41, 5.74) is -0.442. The fourth-order valence-electron chi connectivity index (χ4n) is 3.58. The molecule has 0 unspecified atom stereocenters. The van der Waals surface area contributed by atoms with E-state index in [1.165, 1.54) is 19.3 Å². The number of piperidine rings is 1. The predicted molar refractivity (Wildman–Crippen MR) is 89.2 cm³/mol. The Morgan fingerprint density at radius 1 is 1.23 bits per heavy atom. The number of anilines is 2. The van der Waals surface area contributed by atoms with Crippen LogP contribution in [0, 0.1) is 0 Å². The number of hydrogen-bond donors (Lipinski definition) is 2. The molecule has 0 atom stereocenters. The third kappa shape index (κ3) is 3.69. The van der Waals surface area contributed by atoms with Gasteiger partial charge in [-0.1, -0.05) is 6.92 Å². The van der Waals surface area contributed by atoms with E-state index in [0.29, 0.717) is 6.04 Å². The lowest BCUT2D eigenvalue weighted by Crippen LogP contribution is -2.38. The molecule has 5 heteroatoms. The van der Waals surface area contributed by atoms with Crippen molar-refractivity contribution in [3.63, 3.8) is 0 Å². The zero-order valence-electron chi connectivity index (χ0n) is 13.6. The quantitative estimate of drug-likeness (QED) is 0.895. The third-order valence-corrected chi connectivity index (χ3v) is 5.26. The summed E-state index contributed by atoms with van der Waals surface area (Å²) < 4.78 is 0. The van der Waals surface area contributed by atoms with Gasteiger partial charge in [0.1, 0.15) is 18.0 Å². The highest BCUT2D eigenvalue weighted by Crippen LogP contribution is 2.32. The van der Waals surface area contributed by atoms with Crippen LogP contribution < -0.4 is 10.2 Å². The van der Waals surface area contributed by atoms with E-state index in [1.807, 2.05) is 0 Å². The van der Waals surface area contributed by atoms with E-state index in [1.54, 1.807) is 6.33 Å². The summed E-state index contributed by atoms with van der Waals surface area (Å²) in [6, 6.07) is 2.49. The lowest BCUT2D eigenvalue weighted by Gasteiger charge is -2.36. The van der Waals surface area contributed by atoms with Gasteiger partial charge < -0.3 is 15.3 Å². The SMILES string of the molecule is CCC1(O)CCC(Nc2cc(N3CCCCC3)ncn2)CC1. The van der Waals surface area contributed by atoms with Gasteiger partial charge in [-0.3, -0.25) is 0 Å². The van der Waals surface area contributed by atoms with Crippen LogP contribution in [0.25, 0.3) is 0 Å². The second kappa shape index (κ2) is 6.82. The molecule has 2 N–H and O–H groups in total. The van der Waals surface area contributed by atoms with Gasteiger partial charge in [-0.05, 0) is 51.4 Å². The van der Waals surface area contributed by atoms with E-state index < -0.39 is 5.60 Å². The molecule has 2 fully saturated rings. The average molecular weight is 304 g/mol. The zero-order chi connectivity index (χ0) is 15.4. The van der Waals surface area contributed by atoms with Gasteiger partial charge in [0.15, 0.2) is 0 Å². The maximum atomic E-state index is 10.3. The smallest absolute Gasteiger partial charge is 0.134 e. The molecule has 0 spiro atoms. The molecule has 22 heavy (non-hydrogen) atoms. The molecule has 1 saturated carbocycles. The van der Waals surface area contributed by atoms with Crippen LogP contribution in [0.4, 0.5) is 11.6 Å².